The van der Waals surface area contributed by atoms with E-state index in [1.807, 2.05) is 30.3 Å². The van der Waals surface area contributed by atoms with Gasteiger partial charge in [-0.05, 0) is 29.7 Å². The highest BCUT2D eigenvalue weighted by molar-refractivity contribution is 6.31. The molecule has 2 N–H and O–H groups in total. The molecule has 118 valence electrons. The SMILES string of the molecule is CC(C)(C)CNc1ccc(Cl)cc1C(O)c1ccccc1Cl. The van der Waals surface area contributed by atoms with Gasteiger partial charge >= 0.3 is 0 Å². The summed E-state index contributed by atoms with van der Waals surface area (Å²) in [7, 11) is 0. The van der Waals surface area contributed by atoms with E-state index in [2.05, 4.69) is 26.1 Å². The smallest absolute Gasteiger partial charge is 0.108 e. The summed E-state index contributed by atoms with van der Waals surface area (Å²) in [6.07, 6.45) is -0.824. The summed E-state index contributed by atoms with van der Waals surface area (Å²) < 4.78 is 0. The van der Waals surface area contributed by atoms with E-state index in [4.69, 9.17) is 23.2 Å². The van der Waals surface area contributed by atoms with Crippen LogP contribution in [0.2, 0.25) is 10.0 Å². The molecule has 0 aromatic heterocycles. The van der Waals surface area contributed by atoms with E-state index >= 15 is 0 Å². The number of halogens is 2. The summed E-state index contributed by atoms with van der Waals surface area (Å²) in [5.74, 6) is 0. The molecule has 0 aliphatic carbocycles. The van der Waals surface area contributed by atoms with E-state index in [1.165, 1.54) is 0 Å². The number of hydrogen-bond acceptors (Lipinski definition) is 2. The average Bonchev–Trinajstić information content (AvgIpc) is 2.45. The average molecular weight is 338 g/mol. The molecule has 0 heterocycles. The second-order valence-electron chi connectivity index (χ2n) is 6.57. The van der Waals surface area contributed by atoms with Gasteiger partial charge in [0.25, 0.3) is 0 Å². The van der Waals surface area contributed by atoms with E-state index in [0.29, 0.717) is 15.6 Å². The van der Waals surface area contributed by atoms with Gasteiger partial charge in [-0.3, -0.25) is 0 Å². The maximum absolute atomic E-state index is 10.7. The molecule has 4 heteroatoms. The second kappa shape index (κ2) is 6.91. The van der Waals surface area contributed by atoms with Crippen LogP contribution in [0.5, 0.6) is 0 Å². The topological polar surface area (TPSA) is 32.3 Å². The Labute approximate surface area is 142 Å². The van der Waals surface area contributed by atoms with Crippen LogP contribution in [0.4, 0.5) is 5.69 Å². The van der Waals surface area contributed by atoms with Gasteiger partial charge < -0.3 is 10.4 Å². The maximum atomic E-state index is 10.7. The Morgan fingerprint density at radius 3 is 2.36 bits per heavy atom. The van der Waals surface area contributed by atoms with E-state index < -0.39 is 6.10 Å². The van der Waals surface area contributed by atoms with E-state index in [9.17, 15) is 5.11 Å². The highest BCUT2D eigenvalue weighted by Gasteiger charge is 2.19. The lowest BCUT2D eigenvalue weighted by atomic mass is 9.95. The van der Waals surface area contributed by atoms with Crippen LogP contribution < -0.4 is 5.32 Å². The van der Waals surface area contributed by atoms with Crippen LogP contribution in [-0.2, 0) is 0 Å². The fourth-order valence-corrected chi connectivity index (χ4v) is 2.57. The molecule has 1 unspecified atom stereocenters. The van der Waals surface area contributed by atoms with Gasteiger partial charge in [0.2, 0.25) is 0 Å². The molecule has 0 aliphatic heterocycles. The van der Waals surface area contributed by atoms with E-state index in [-0.39, 0.29) is 5.41 Å². The molecule has 0 spiro atoms. The molecule has 2 aromatic rings. The molecular formula is C18H21Cl2NO. The van der Waals surface area contributed by atoms with E-state index in [0.717, 1.165) is 17.8 Å². The first-order valence-electron chi connectivity index (χ1n) is 7.24. The minimum Gasteiger partial charge on any atom is -0.384 e. The molecule has 0 bridgehead atoms. The fourth-order valence-electron chi connectivity index (χ4n) is 2.15. The number of anilines is 1. The maximum Gasteiger partial charge on any atom is 0.108 e. The van der Waals surface area contributed by atoms with Gasteiger partial charge in [0.05, 0.1) is 0 Å². The second-order valence-corrected chi connectivity index (χ2v) is 7.41. The summed E-state index contributed by atoms with van der Waals surface area (Å²) in [4.78, 5) is 0. The Balaban J connectivity index is 2.36. The third-order valence-corrected chi connectivity index (χ3v) is 3.90. The van der Waals surface area contributed by atoms with Gasteiger partial charge in [-0.15, -0.1) is 0 Å². The number of hydrogen-bond donors (Lipinski definition) is 2. The third-order valence-electron chi connectivity index (χ3n) is 3.32. The Kier molecular flexibility index (Phi) is 5.38. The zero-order chi connectivity index (χ0) is 16.3. The standard InChI is InChI=1S/C18H21Cl2NO/c1-18(2,3)11-21-16-9-8-12(19)10-14(16)17(22)13-6-4-5-7-15(13)20/h4-10,17,21-22H,11H2,1-3H3. The number of nitrogens with one attached hydrogen (secondary N) is 1. The van der Waals surface area contributed by atoms with Crippen molar-refractivity contribution in [1.82, 2.24) is 0 Å². The Morgan fingerprint density at radius 1 is 1.05 bits per heavy atom. The molecule has 0 saturated heterocycles. The van der Waals surface area contributed by atoms with Gasteiger partial charge in [0, 0.05) is 33.4 Å². The largest absolute Gasteiger partial charge is 0.384 e. The predicted molar refractivity (Wildman–Crippen MR) is 94.9 cm³/mol. The number of rotatable bonds is 4. The molecule has 0 saturated carbocycles. The molecule has 0 radical (unpaired) electrons. The minimum atomic E-state index is -0.824. The summed E-state index contributed by atoms with van der Waals surface area (Å²) in [6.45, 7) is 7.25. The highest BCUT2D eigenvalue weighted by Crippen LogP contribution is 2.34. The van der Waals surface area contributed by atoms with Gasteiger partial charge in [-0.1, -0.05) is 62.2 Å². The zero-order valence-electron chi connectivity index (χ0n) is 13.0. The van der Waals surface area contributed by atoms with E-state index in [1.54, 1.807) is 12.1 Å². The van der Waals surface area contributed by atoms with Crippen LogP contribution in [-0.4, -0.2) is 11.7 Å². The molecule has 2 aromatic carbocycles. The summed E-state index contributed by atoms with van der Waals surface area (Å²) in [6, 6.07) is 12.8. The summed E-state index contributed by atoms with van der Waals surface area (Å²) >= 11 is 12.3. The lowest BCUT2D eigenvalue weighted by Gasteiger charge is -2.23. The van der Waals surface area contributed by atoms with Crippen molar-refractivity contribution < 1.29 is 5.11 Å². The first-order chi connectivity index (χ1) is 10.3. The van der Waals surface area contributed by atoms with Crippen molar-refractivity contribution in [3.63, 3.8) is 0 Å². The predicted octanol–water partition coefficient (Wildman–Crippen LogP) is 5.53. The van der Waals surface area contributed by atoms with Crippen LogP contribution in [0.1, 0.15) is 38.0 Å². The molecule has 2 nitrogen and oxygen atoms in total. The summed E-state index contributed by atoms with van der Waals surface area (Å²) in [5, 5.41) is 15.2. The molecule has 2 rings (SSSR count). The molecule has 0 fully saturated rings. The Bertz CT molecular complexity index is 650. The fraction of sp³-hybridized carbons (Fsp3) is 0.333. The van der Waals surface area contributed by atoms with Crippen molar-refractivity contribution >= 4 is 28.9 Å². The van der Waals surface area contributed by atoms with Crippen molar-refractivity contribution in [2.45, 2.75) is 26.9 Å². The third kappa shape index (κ3) is 4.39. The molecule has 0 aliphatic rings. The van der Waals surface area contributed by atoms with Crippen molar-refractivity contribution in [3.05, 3.63) is 63.6 Å². The Hall–Kier alpha value is -1.22. The zero-order valence-corrected chi connectivity index (χ0v) is 14.5. The van der Waals surface area contributed by atoms with Crippen molar-refractivity contribution in [2.24, 2.45) is 5.41 Å². The quantitative estimate of drug-likeness (QED) is 0.768. The van der Waals surface area contributed by atoms with Crippen LogP contribution in [0, 0.1) is 5.41 Å². The number of benzene rings is 2. The molecule has 22 heavy (non-hydrogen) atoms. The first kappa shape index (κ1) is 17.1. The molecule has 1 atom stereocenters. The van der Waals surface area contributed by atoms with Gasteiger partial charge in [-0.2, -0.15) is 0 Å². The number of aliphatic hydroxyl groups excluding tert-OH is 1. The highest BCUT2D eigenvalue weighted by atomic mass is 35.5. The van der Waals surface area contributed by atoms with Crippen LogP contribution >= 0.6 is 23.2 Å². The van der Waals surface area contributed by atoms with Crippen molar-refractivity contribution in [1.29, 1.82) is 0 Å². The number of aliphatic hydroxyl groups is 1. The molecular weight excluding hydrogens is 317 g/mol. The van der Waals surface area contributed by atoms with Gasteiger partial charge in [0.1, 0.15) is 6.10 Å². The van der Waals surface area contributed by atoms with Crippen LogP contribution in [0.15, 0.2) is 42.5 Å². The minimum absolute atomic E-state index is 0.131. The van der Waals surface area contributed by atoms with Crippen molar-refractivity contribution in [3.8, 4) is 0 Å². The Morgan fingerprint density at radius 2 is 1.73 bits per heavy atom. The van der Waals surface area contributed by atoms with Crippen LogP contribution in [0.3, 0.4) is 0 Å². The normalized spacial score (nSPS) is 13.0. The van der Waals surface area contributed by atoms with Crippen LogP contribution in [0.25, 0.3) is 0 Å². The first-order valence-corrected chi connectivity index (χ1v) is 7.99. The monoisotopic (exact) mass is 337 g/mol. The lowest BCUT2D eigenvalue weighted by Crippen LogP contribution is -2.20. The summed E-state index contributed by atoms with van der Waals surface area (Å²) in [5.41, 5.74) is 2.40. The van der Waals surface area contributed by atoms with Crippen molar-refractivity contribution in [2.75, 3.05) is 11.9 Å². The molecule has 0 amide bonds. The lowest BCUT2D eigenvalue weighted by molar-refractivity contribution is 0.221. The van der Waals surface area contributed by atoms with Gasteiger partial charge in [0.15, 0.2) is 0 Å². The van der Waals surface area contributed by atoms with Gasteiger partial charge in [-0.25, -0.2) is 0 Å².